The first-order chi connectivity index (χ1) is 8.67. The first-order valence-corrected chi connectivity index (χ1v) is 7.13. The fourth-order valence-electron chi connectivity index (χ4n) is 2.42. The highest BCUT2D eigenvalue weighted by molar-refractivity contribution is 8.13. The molecule has 1 aliphatic heterocycles. The topological polar surface area (TPSA) is 38.4 Å². The summed E-state index contributed by atoms with van der Waals surface area (Å²) in [7, 11) is 0. The highest BCUT2D eigenvalue weighted by atomic mass is 32.2. The van der Waals surface area contributed by atoms with E-state index in [4.69, 9.17) is 5.73 Å². The molecule has 0 saturated carbocycles. The maximum Gasteiger partial charge on any atom is 0.154 e. The van der Waals surface area contributed by atoms with Crippen LogP contribution in [0.25, 0.3) is 10.8 Å². The van der Waals surface area contributed by atoms with Crippen molar-refractivity contribution in [3.05, 3.63) is 48.0 Å². The Kier molecular flexibility index (Phi) is 2.78. The Bertz CT molecular complexity index is 621. The number of fused-ring (bicyclic) bond motifs is 1. The summed E-state index contributed by atoms with van der Waals surface area (Å²) in [6.45, 7) is 2.17. The third-order valence-corrected chi connectivity index (χ3v) is 4.36. The van der Waals surface area contributed by atoms with Crippen LogP contribution in [-0.4, -0.2) is 10.9 Å². The zero-order valence-electron chi connectivity index (χ0n) is 10.4. The van der Waals surface area contributed by atoms with Crippen LogP contribution in [0.1, 0.15) is 18.9 Å². The quantitative estimate of drug-likeness (QED) is 0.848. The second-order valence-corrected chi connectivity index (χ2v) is 6.00. The minimum atomic E-state index is -0.167. The van der Waals surface area contributed by atoms with E-state index in [1.54, 1.807) is 11.8 Å². The second kappa shape index (κ2) is 4.32. The van der Waals surface area contributed by atoms with E-state index in [0.29, 0.717) is 5.17 Å². The number of hydrogen-bond donors (Lipinski definition) is 1. The van der Waals surface area contributed by atoms with Crippen molar-refractivity contribution in [1.29, 1.82) is 0 Å². The fourth-order valence-corrected chi connectivity index (χ4v) is 3.39. The number of nitrogens with two attached hydrogens (primary N) is 1. The first kappa shape index (κ1) is 11.6. The Morgan fingerprint density at radius 3 is 2.72 bits per heavy atom. The van der Waals surface area contributed by atoms with Gasteiger partial charge in [-0.3, -0.25) is 4.99 Å². The molecule has 0 spiro atoms. The number of benzene rings is 2. The van der Waals surface area contributed by atoms with E-state index in [2.05, 4.69) is 54.4 Å². The summed E-state index contributed by atoms with van der Waals surface area (Å²) in [6, 6.07) is 15.0. The van der Waals surface area contributed by atoms with Crippen LogP contribution in [0.5, 0.6) is 0 Å². The van der Waals surface area contributed by atoms with Crippen molar-refractivity contribution in [2.45, 2.75) is 18.9 Å². The lowest BCUT2D eigenvalue weighted by molar-refractivity contribution is 0.482. The van der Waals surface area contributed by atoms with Gasteiger partial charge in [-0.2, -0.15) is 0 Å². The van der Waals surface area contributed by atoms with Gasteiger partial charge in [-0.25, -0.2) is 0 Å². The third kappa shape index (κ3) is 1.99. The molecule has 0 unspecified atom stereocenters. The molecule has 0 aromatic heterocycles. The van der Waals surface area contributed by atoms with Gasteiger partial charge in [0.25, 0.3) is 0 Å². The standard InChI is InChI=1S/C15H16N2S/c1-15(8-9-18-14(16)17-15)13-7-6-11-4-2-3-5-12(11)10-13/h2-7,10H,8-9H2,1H3,(H2,16,17)/t15-/m1/s1. The van der Waals surface area contributed by atoms with Crippen molar-refractivity contribution in [2.75, 3.05) is 5.75 Å². The third-order valence-electron chi connectivity index (χ3n) is 3.57. The number of thioether (sulfide) groups is 1. The Balaban J connectivity index is 2.11. The van der Waals surface area contributed by atoms with E-state index in [0.717, 1.165) is 12.2 Å². The molecule has 3 rings (SSSR count). The molecule has 3 heteroatoms. The summed E-state index contributed by atoms with van der Waals surface area (Å²) in [5.41, 5.74) is 6.96. The summed E-state index contributed by atoms with van der Waals surface area (Å²) < 4.78 is 0. The van der Waals surface area contributed by atoms with E-state index in [1.165, 1.54) is 16.3 Å². The van der Waals surface area contributed by atoms with Gasteiger partial charge in [0.1, 0.15) is 0 Å². The SMILES string of the molecule is C[C@]1(c2ccc3ccccc3c2)CCSC(N)=N1. The molecular formula is C15H16N2S. The maximum atomic E-state index is 5.87. The van der Waals surface area contributed by atoms with Gasteiger partial charge in [0, 0.05) is 5.75 Å². The molecule has 0 radical (unpaired) electrons. The molecule has 0 bridgehead atoms. The van der Waals surface area contributed by atoms with E-state index < -0.39 is 0 Å². The lowest BCUT2D eigenvalue weighted by Gasteiger charge is -2.30. The maximum absolute atomic E-state index is 5.87. The second-order valence-electron chi connectivity index (χ2n) is 4.88. The highest BCUT2D eigenvalue weighted by Crippen LogP contribution is 2.36. The predicted octanol–water partition coefficient (Wildman–Crippen LogP) is 3.51. The summed E-state index contributed by atoms with van der Waals surface area (Å²) in [5.74, 6) is 1.04. The zero-order valence-corrected chi connectivity index (χ0v) is 11.2. The van der Waals surface area contributed by atoms with E-state index in [9.17, 15) is 0 Å². The van der Waals surface area contributed by atoms with Gasteiger partial charge in [-0.1, -0.05) is 48.2 Å². The Morgan fingerprint density at radius 2 is 1.94 bits per heavy atom. The molecule has 92 valence electrons. The van der Waals surface area contributed by atoms with E-state index in [1.807, 2.05) is 0 Å². The van der Waals surface area contributed by atoms with Gasteiger partial charge < -0.3 is 5.73 Å². The van der Waals surface area contributed by atoms with Gasteiger partial charge in [0.05, 0.1) is 5.54 Å². The van der Waals surface area contributed by atoms with Gasteiger partial charge in [-0.05, 0) is 35.7 Å². The molecular weight excluding hydrogens is 240 g/mol. The summed E-state index contributed by atoms with van der Waals surface area (Å²) in [5, 5.41) is 3.24. The average molecular weight is 256 g/mol. The molecule has 0 fully saturated rings. The minimum Gasteiger partial charge on any atom is -0.379 e. The van der Waals surface area contributed by atoms with Crippen LogP contribution in [0, 0.1) is 0 Å². The molecule has 1 atom stereocenters. The van der Waals surface area contributed by atoms with Crippen molar-refractivity contribution in [3.63, 3.8) is 0 Å². The monoisotopic (exact) mass is 256 g/mol. The van der Waals surface area contributed by atoms with Gasteiger partial charge >= 0.3 is 0 Å². The van der Waals surface area contributed by atoms with Crippen molar-refractivity contribution in [2.24, 2.45) is 10.7 Å². The molecule has 0 aliphatic carbocycles. The van der Waals surface area contributed by atoms with Crippen LogP contribution >= 0.6 is 11.8 Å². The zero-order chi connectivity index (χ0) is 12.6. The van der Waals surface area contributed by atoms with Crippen molar-refractivity contribution in [3.8, 4) is 0 Å². The van der Waals surface area contributed by atoms with E-state index >= 15 is 0 Å². The van der Waals surface area contributed by atoms with Crippen LogP contribution in [0.2, 0.25) is 0 Å². The summed E-state index contributed by atoms with van der Waals surface area (Å²) in [6.07, 6.45) is 1.04. The Labute approximate surface area is 111 Å². The smallest absolute Gasteiger partial charge is 0.154 e. The molecule has 2 N–H and O–H groups in total. The van der Waals surface area contributed by atoms with Crippen molar-refractivity contribution >= 4 is 27.7 Å². The minimum absolute atomic E-state index is 0.167. The van der Waals surface area contributed by atoms with Crippen LogP contribution in [0.4, 0.5) is 0 Å². The molecule has 2 aromatic rings. The van der Waals surface area contributed by atoms with Crippen LogP contribution < -0.4 is 5.73 Å². The van der Waals surface area contributed by atoms with E-state index in [-0.39, 0.29) is 5.54 Å². The highest BCUT2D eigenvalue weighted by Gasteiger charge is 2.29. The molecule has 1 aliphatic rings. The van der Waals surface area contributed by atoms with Crippen LogP contribution in [0.3, 0.4) is 0 Å². The lowest BCUT2D eigenvalue weighted by Crippen LogP contribution is -2.28. The lowest BCUT2D eigenvalue weighted by atomic mass is 9.88. The summed E-state index contributed by atoms with van der Waals surface area (Å²) in [4.78, 5) is 4.65. The summed E-state index contributed by atoms with van der Waals surface area (Å²) >= 11 is 1.65. The van der Waals surface area contributed by atoms with Gasteiger partial charge in [0.2, 0.25) is 0 Å². The van der Waals surface area contributed by atoms with Gasteiger partial charge in [0.15, 0.2) is 5.17 Å². The molecule has 1 heterocycles. The molecule has 2 aromatic carbocycles. The number of nitrogens with zero attached hydrogens (tertiary/aromatic N) is 1. The molecule has 0 amide bonds. The predicted molar refractivity (Wildman–Crippen MR) is 80.0 cm³/mol. The van der Waals surface area contributed by atoms with Crippen molar-refractivity contribution in [1.82, 2.24) is 0 Å². The number of rotatable bonds is 1. The Morgan fingerprint density at radius 1 is 1.17 bits per heavy atom. The Hall–Kier alpha value is -1.48. The average Bonchev–Trinajstić information content (AvgIpc) is 2.38. The molecule has 0 saturated heterocycles. The largest absolute Gasteiger partial charge is 0.379 e. The number of hydrogen-bond acceptors (Lipinski definition) is 3. The van der Waals surface area contributed by atoms with Crippen LogP contribution in [0.15, 0.2) is 47.5 Å². The number of aliphatic imine (C=N–C) groups is 1. The first-order valence-electron chi connectivity index (χ1n) is 6.15. The molecule has 18 heavy (non-hydrogen) atoms. The number of amidine groups is 1. The van der Waals surface area contributed by atoms with Crippen molar-refractivity contribution < 1.29 is 0 Å². The molecule has 2 nitrogen and oxygen atoms in total. The fraction of sp³-hybridized carbons (Fsp3) is 0.267. The van der Waals surface area contributed by atoms with Gasteiger partial charge in [-0.15, -0.1) is 0 Å². The normalized spacial score (nSPS) is 23.9. The van der Waals surface area contributed by atoms with Crippen LogP contribution in [-0.2, 0) is 5.54 Å².